The maximum atomic E-state index is 11.7. The standard InChI is InChI=1S/C24H34N4O/c1-19(29)28-14-6-13-27(15-16-28)18-23-17-26(2)25-24(23)22-11-9-21(10-12-22)20-7-4-3-5-8-20/h9-12,17,20H,3-8,13-16,18H2,1-2H3. The van der Waals surface area contributed by atoms with Gasteiger partial charge >= 0.3 is 0 Å². The Labute approximate surface area is 174 Å². The predicted octanol–water partition coefficient (Wildman–Crippen LogP) is 4.19. The summed E-state index contributed by atoms with van der Waals surface area (Å²) in [6, 6.07) is 9.16. The van der Waals surface area contributed by atoms with Crippen LogP contribution < -0.4 is 0 Å². The van der Waals surface area contributed by atoms with Gasteiger partial charge in [-0.05, 0) is 30.7 Å². The first kappa shape index (κ1) is 20.1. The minimum atomic E-state index is 0.187. The summed E-state index contributed by atoms with van der Waals surface area (Å²) in [7, 11) is 2.00. The lowest BCUT2D eigenvalue weighted by molar-refractivity contribution is -0.128. The third kappa shape index (κ3) is 4.89. The van der Waals surface area contributed by atoms with Crippen LogP contribution in [0.2, 0.25) is 0 Å². The van der Waals surface area contributed by atoms with Crippen molar-refractivity contribution in [2.45, 2.75) is 57.9 Å². The number of hydrogen-bond acceptors (Lipinski definition) is 3. The van der Waals surface area contributed by atoms with Crippen LogP contribution in [0.1, 0.15) is 62.5 Å². The number of aryl methyl sites for hydroxylation is 1. The van der Waals surface area contributed by atoms with Crippen molar-refractivity contribution in [2.75, 3.05) is 26.2 Å². The van der Waals surface area contributed by atoms with E-state index in [9.17, 15) is 4.79 Å². The zero-order valence-corrected chi connectivity index (χ0v) is 17.9. The van der Waals surface area contributed by atoms with Gasteiger partial charge in [-0.3, -0.25) is 14.4 Å². The zero-order valence-electron chi connectivity index (χ0n) is 17.9. The smallest absolute Gasteiger partial charge is 0.219 e. The molecule has 156 valence electrons. The third-order valence-corrected chi connectivity index (χ3v) is 6.59. The number of amides is 1. The van der Waals surface area contributed by atoms with Crippen molar-refractivity contribution in [3.8, 4) is 11.3 Å². The first-order valence-electron chi connectivity index (χ1n) is 11.2. The van der Waals surface area contributed by atoms with Crippen LogP contribution in [0, 0.1) is 0 Å². The SMILES string of the molecule is CC(=O)N1CCCN(Cc2cn(C)nc2-c2ccc(C3CCCCC3)cc2)CC1. The van der Waals surface area contributed by atoms with Crippen LogP contribution in [0.4, 0.5) is 0 Å². The molecule has 2 fully saturated rings. The molecule has 0 unspecified atom stereocenters. The second kappa shape index (κ2) is 9.12. The fraction of sp³-hybridized carbons (Fsp3) is 0.583. The van der Waals surface area contributed by atoms with Crippen LogP contribution in [0.3, 0.4) is 0 Å². The van der Waals surface area contributed by atoms with Gasteiger partial charge in [0.25, 0.3) is 0 Å². The lowest BCUT2D eigenvalue weighted by atomic mass is 9.84. The molecule has 1 aromatic heterocycles. The minimum Gasteiger partial charge on any atom is -0.342 e. The molecule has 1 aromatic carbocycles. The summed E-state index contributed by atoms with van der Waals surface area (Å²) in [5.41, 5.74) is 5.06. The van der Waals surface area contributed by atoms with E-state index in [1.54, 1.807) is 6.92 Å². The molecule has 1 aliphatic carbocycles. The molecule has 0 spiro atoms. The molecule has 5 nitrogen and oxygen atoms in total. The second-order valence-electron chi connectivity index (χ2n) is 8.77. The van der Waals surface area contributed by atoms with Crippen LogP contribution in [0.25, 0.3) is 11.3 Å². The van der Waals surface area contributed by atoms with E-state index in [1.165, 1.54) is 48.8 Å². The molecule has 2 heterocycles. The molecule has 2 aliphatic rings. The molecule has 0 atom stereocenters. The van der Waals surface area contributed by atoms with Gasteiger partial charge in [-0.25, -0.2) is 0 Å². The summed E-state index contributed by atoms with van der Waals surface area (Å²) in [5, 5.41) is 4.78. The van der Waals surface area contributed by atoms with E-state index in [4.69, 9.17) is 5.10 Å². The Morgan fingerprint density at radius 2 is 1.76 bits per heavy atom. The fourth-order valence-corrected chi connectivity index (χ4v) is 4.93. The van der Waals surface area contributed by atoms with Gasteiger partial charge < -0.3 is 4.90 Å². The zero-order chi connectivity index (χ0) is 20.2. The summed E-state index contributed by atoms with van der Waals surface area (Å²) in [6.45, 7) is 6.20. The van der Waals surface area contributed by atoms with Crippen LogP contribution >= 0.6 is 0 Å². The molecular formula is C24H34N4O. The number of hydrogen-bond donors (Lipinski definition) is 0. The highest BCUT2D eigenvalue weighted by molar-refractivity contribution is 5.73. The van der Waals surface area contributed by atoms with E-state index in [1.807, 2.05) is 16.6 Å². The molecule has 2 aromatic rings. The van der Waals surface area contributed by atoms with Crippen LogP contribution in [-0.2, 0) is 18.4 Å². The molecule has 1 aliphatic heterocycles. The Morgan fingerprint density at radius 1 is 1.00 bits per heavy atom. The number of rotatable bonds is 4. The molecule has 1 amide bonds. The summed E-state index contributed by atoms with van der Waals surface area (Å²) >= 11 is 0. The van der Waals surface area contributed by atoms with E-state index >= 15 is 0 Å². The lowest BCUT2D eigenvalue weighted by Crippen LogP contribution is -2.33. The van der Waals surface area contributed by atoms with E-state index in [0.717, 1.165) is 50.8 Å². The molecule has 1 saturated heterocycles. The van der Waals surface area contributed by atoms with E-state index < -0.39 is 0 Å². The van der Waals surface area contributed by atoms with E-state index in [-0.39, 0.29) is 5.91 Å². The largest absolute Gasteiger partial charge is 0.342 e. The fourth-order valence-electron chi connectivity index (χ4n) is 4.93. The molecule has 5 heteroatoms. The van der Waals surface area contributed by atoms with Crippen molar-refractivity contribution in [1.82, 2.24) is 19.6 Å². The van der Waals surface area contributed by atoms with Gasteiger partial charge in [-0.1, -0.05) is 43.5 Å². The highest BCUT2D eigenvalue weighted by Crippen LogP contribution is 2.34. The van der Waals surface area contributed by atoms with Crippen LogP contribution in [0.5, 0.6) is 0 Å². The van der Waals surface area contributed by atoms with E-state index in [0.29, 0.717) is 0 Å². The van der Waals surface area contributed by atoms with E-state index in [2.05, 4.69) is 35.4 Å². The second-order valence-corrected chi connectivity index (χ2v) is 8.77. The Morgan fingerprint density at radius 3 is 2.48 bits per heavy atom. The predicted molar refractivity (Wildman–Crippen MR) is 117 cm³/mol. The first-order valence-corrected chi connectivity index (χ1v) is 11.2. The van der Waals surface area contributed by atoms with Crippen LogP contribution in [0.15, 0.2) is 30.5 Å². The summed E-state index contributed by atoms with van der Waals surface area (Å²) in [6.07, 6.45) is 9.98. The third-order valence-electron chi connectivity index (χ3n) is 6.59. The number of carbonyl (C=O) groups is 1. The van der Waals surface area contributed by atoms with Gasteiger partial charge in [-0.2, -0.15) is 5.10 Å². The monoisotopic (exact) mass is 394 g/mol. The van der Waals surface area contributed by atoms with Crippen molar-refractivity contribution in [1.29, 1.82) is 0 Å². The van der Waals surface area contributed by atoms with Crippen LogP contribution in [-0.4, -0.2) is 51.7 Å². The molecular weight excluding hydrogens is 360 g/mol. The molecule has 1 saturated carbocycles. The van der Waals surface area contributed by atoms with Crippen molar-refractivity contribution >= 4 is 5.91 Å². The van der Waals surface area contributed by atoms with Gasteiger partial charge in [0, 0.05) is 64.0 Å². The first-order chi connectivity index (χ1) is 14.1. The van der Waals surface area contributed by atoms with Gasteiger partial charge in [0.1, 0.15) is 0 Å². The topological polar surface area (TPSA) is 41.4 Å². The Balaban J connectivity index is 1.47. The Hall–Kier alpha value is -2.14. The number of nitrogens with zero attached hydrogens (tertiary/aromatic N) is 4. The molecule has 29 heavy (non-hydrogen) atoms. The normalized spacial score (nSPS) is 19.3. The van der Waals surface area contributed by atoms with Gasteiger partial charge in [-0.15, -0.1) is 0 Å². The summed E-state index contributed by atoms with van der Waals surface area (Å²) < 4.78 is 1.93. The van der Waals surface area contributed by atoms with Gasteiger partial charge in [0.15, 0.2) is 0 Å². The molecule has 0 radical (unpaired) electrons. The highest BCUT2D eigenvalue weighted by Gasteiger charge is 2.20. The Kier molecular flexibility index (Phi) is 6.34. The number of benzene rings is 1. The molecule has 0 bridgehead atoms. The highest BCUT2D eigenvalue weighted by atomic mass is 16.2. The molecule has 4 rings (SSSR count). The maximum Gasteiger partial charge on any atom is 0.219 e. The lowest BCUT2D eigenvalue weighted by Gasteiger charge is -2.22. The molecule has 0 N–H and O–H groups in total. The quantitative estimate of drug-likeness (QED) is 0.781. The average molecular weight is 395 g/mol. The minimum absolute atomic E-state index is 0.187. The number of carbonyl (C=O) groups excluding carboxylic acids is 1. The maximum absolute atomic E-state index is 11.7. The number of aromatic nitrogens is 2. The Bertz CT molecular complexity index is 820. The van der Waals surface area contributed by atoms with Gasteiger partial charge in [0.05, 0.1) is 5.69 Å². The average Bonchev–Trinajstić information content (AvgIpc) is 2.94. The van der Waals surface area contributed by atoms with Crippen molar-refractivity contribution in [3.63, 3.8) is 0 Å². The van der Waals surface area contributed by atoms with Crippen molar-refractivity contribution in [3.05, 3.63) is 41.6 Å². The van der Waals surface area contributed by atoms with Crippen molar-refractivity contribution in [2.24, 2.45) is 7.05 Å². The van der Waals surface area contributed by atoms with Gasteiger partial charge in [0.2, 0.25) is 5.91 Å². The summed E-state index contributed by atoms with van der Waals surface area (Å²) in [5.74, 6) is 0.925. The van der Waals surface area contributed by atoms with Crippen molar-refractivity contribution < 1.29 is 4.79 Å². The summed E-state index contributed by atoms with van der Waals surface area (Å²) in [4.78, 5) is 16.1.